The number of para-hydroxylation sites is 1. The maximum Gasteiger partial charge on any atom is 0.276 e. The molecule has 0 unspecified atom stereocenters. The highest BCUT2D eigenvalue weighted by Gasteiger charge is 2.28. The monoisotopic (exact) mass is 376 g/mol. The van der Waals surface area contributed by atoms with E-state index >= 15 is 0 Å². The van der Waals surface area contributed by atoms with Gasteiger partial charge in [0, 0.05) is 17.8 Å². The minimum absolute atomic E-state index is 0.228. The average Bonchev–Trinajstić information content (AvgIpc) is 3.34. The predicted molar refractivity (Wildman–Crippen MR) is 105 cm³/mol. The van der Waals surface area contributed by atoms with E-state index in [-0.39, 0.29) is 17.4 Å². The van der Waals surface area contributed by atoms with E-state index in [9.17, 15) is 9.18 Å². The fourth-order valence-corrected chi connectivity index (χ4v) is 4.21. The van der Waals surface area contributed by atoms with Gasteiger partial charge in [-0.2, -0.15) is 5.10 Å². The summed E-state index contributed by atoms with van der Waals surface area (Å²) in [6.07, 6.45) is 3.34. The lowest BCUT2D eigenvalue weighted by molar-refractivity contribution is 0.102. The van der Waals surface area contributed by atoms with Crippen LogP contribution >= 0.6 is 0 Å². The molecular formula is C22H21FN4O. The molecule has 5 rings (SSSR count). The summed E-state index contributed by atoms with van der Waals surface area (Å²) in [5.74, 6) is -0.674. The van der Waals surface area contributed by atoms with Crippen LogP contribution in [0, 0.1) is 5.82 Å². The van der Waals surface area contributed by atoms with Crippen LogP contribution in [0.25, 0.3) is 5.69 Å². The van der Waals surface area contributed by atoms with Crippen LogP contribution in [0.1, 0.15) is 39.3 Å². The molecule has 1 amide bonds. The van der Waals surface area contributed by atoms with Gasteiger partial charge in [-0.05, 0) is 61.6 Å². The number of hydrogen-bond donors (Lipinski definition) is 2. The Bertz CT molecular complexity index is 1060. The van der Waals surface area contributed by atoms with Crippen molar-refractivity contribution < 1.29 is 9.18 Å². The predicted octanol–water partition coefficient (Wildman–Crippen LogP) is 3.40. The number of nitrogens with zero attached hydrogens (tertiary/aromatic N) is 2. The zero-order valence-corrected chi connectivity index (χ0v) is 15.5. The highest BCUT2D eigenvalue weighted by molar-refractivity contribution is 6.04. The van der Waals surface area contributed by atoms with Crippen molar-refractivity contribution >= 4 is 11.6 Å². The standard InChI is InChI=1S/C22H21FN4O/c23-20-16-11-12-24-13-14(16)9-10-18(20)25-22(28)21-17-7-4-8-19(17)27(26-21)15-5-2-1-3-6-15/h1-3,5-6,9-10,24H,4,7-8,11-13H2,(H,25,28). The lowest BCUT2D eigenvalue weighted by Crippen LogP contribution is -2.25. The molecule has 1 aromatic heterocycles. The zero-order valence-electron chi connectivity index (χ0n) is 15.5. The van der Waals surface area contributed by atoms with Crippen molar-refractivity contribution in [3.8, 4) is 5.69 Å². The number of halogens is 1. The molecule has 0 saturated carbocycles. The topological polar surface area (TPSA) is 59.0 Å². The quantitative estimate of drug-likeness (QED) is 0.737. The first kappa shape index (κ1) is 17.1. The molecule has 3 aromatic rings. The molecule has 142 valence electrons. The second-order valence-corrected chi connectivity index (χ2v) is 7.32. The number of hydrogen-bond acceptors (Lipinski definition) is 3. The van der Waals surface area contributed by atoms with Crippen molar-refractivity contribution in [3.63, 3.8) is 0 Å². The van der Waals surface area contributed by atoms with Gasteiger partial charge in [-0.1, -0.05) is 24.3 Å². The normalized spacial score (nSPS) is 15.2. The SMILES string of the molecule is O=C(Nc1ccc2c(c1F)CCNC2)c1nn(-c2ccccc2)c2c1CCC2. The van der Waals surface area contributed by atoms with Crippen molar-refractivity contribution in [2.24, 2.45) is 0 Å². The van der Waals surface area contributed by atoms with E-state index in [4.69, 9.17) is 0 Å². The molecule has 1 aliphatic heterocycles. The number of carbonyl (C=O) groups is 1. The van der Waals surface area contributed by atoms with Gasteiger partial charge in [0.25, 0.3) is 5.91 Å². The first-order chi connectivity index (χ1) is 13.7. The van der Waals surface area contributed by atoms with E-state index in [1.165, 1.54) is 0 Å². The van der Waals surface area contributed by atoms with Gasteiger partial charge in [0.2, 0.25) is 0 Å². The summed E-state index contributed by atoms with van der Waals surface area (Å²) in [6, 6.07) is 13.3. The van der Waals surface area contributed by atoms with E-state index in [0.717, 1.165) is 48.3 Å². The first-order valence-corrected chi connectivity index (χ1v) is 9.71. The smallest absolute Gasteiger partial charge is 0.276 e. The average molecular weight is 376 g/mol. The molecular weight excluding hydrogens is 355 g/mol. The molecule has 0 radical (unpaired) electrons. The minimum Gasteiger partial charge on any atom is -0.318 e. The van der Waals surface area contributed by atoms with Crippen molar-refractivity contribution in [2.75, 3.05) is 11.9 Å². The van der Waals surface area contributed by atoms with E-state index in [0.29, 0.717) is 24.2 Å². The first-order valence-electron chi connectivity index (χ1n) is 9.71. The fourth-order valence-electron chi connectivity index (χ4n) is 4.21. The number of fused-ring (bicyclic) bond motifs is 2. The largest absolute Gasteiger partial charge is 0.318 e. The third kappa shape index (κ3) is 2.81. The maximum absolute atomic E-state index is 14.9. The third-order valence-corrected chi connectivity index (χ3v) is 5.60. The van der Waals surface area contributed by atoms with Gasteiger partial charge >= 0.3 is 0 Å². The van der Waals surface area contributed by atoms with E-state index in [1.54, 1.807) is 6.07 Å². The molecule has 0 spiro atoms. The number of benzene rings is 2. The van der Waals surface area contributed by atoms with Crippen LogP contribution in [0.5, 0.6) is 0 Å². The van der Waals surface area contributed by atoms with Gasteiger partial charge in [-0.3, -0.25) is 4.79 Å². The van der Waals surface area contributed by atoms with Crippen LogP contribution < -0.4 is 10.6 Å². The summed E-state index contributed by atoms with van der Waals surface area (Å²) in [7, 11) is 0. The van der Waals surface area contributed by atoms with Gasteiger partial charge in [-0.25, -0.2) is 9.07 Å². The van der Waals surface area contributed by atoms with Gasteiger partial charge in [0.1, 0.15) is 5.82 Å². The van der Waals surface area contributed by atoms with Crippen molar-refractivity contribution in [1.82, 2.24) is 15.1 Å². The zero-order chi connectivity index (χ0) is 19.1. The molecule has 0 atom stereocenters. The Morgan fingerprint density at radius 3 is 2.79 bits per heavy atom. The van der Waals surface area contributed by atoms with Gasteiger partial charge in [-0.15, -0.1) is 0 Å². The molecule has 2 heterocycles. The number of carbonyl (C=O) groups excluding carboxylic acids is 1. The number of rotatable bonds is 3. The van der Waals surface area contributed by atoms with E-state index < -0.39 is 0 Å². The van der Waals surface area contributed by atoms with Gasteiger partial charge in [0.15, 0.2) is 5.69 Å². The molecule has 2 aromatic carbocycles. The minimum atomic E-state index is -0.347. The molecule has 2 N–H and O–H groups in total. The van der Waals surface area contributed by atoms with Crippen LogP contribution in [-0.4, -0.2) is 22.2 Å². The highest BCUT2D eigenvalue weighted by atomic mass is 19.1. The third-order valence-electron chi connectivity index (χ3n) is 5.60. The molecule has 0 fully saturated rings. The van der Waals surface area contributed by atoms with Gasteiger partial charge in [0.05, 0.1) is 11.4 Å². The second kappa shape index (κ2) is 6.87. The molecule has 0 bridgehead atoms. The van der Waals surface area contributed by atoms with Crippen LogP contribution in [0.2, 0.25) is 0 Å². The Labute approximate surface area is 162 Å². The molecule has 6 heteroatoms. The molecule has 2 aliphatic rings. The Hall–Kier alpha value is -2.99. The van der Waals surface area contributed by atoms with Crippen molar-refractivity contribution in [1.29, 1.82) is 0 Å². The fraction of sp³-hybridized carbons (Fsp3) is 0.273. The van der Waals surface area contributed by atoms with Crippen LogP contribution in [0.15, 0.2) is 42.5 Å². The number of nitrogens with one attached hydrogen (secondary N) is 2. The summed E-state index contributed by atoms with van der Waals surface area (Å²) in [5, 5.41) is 10.6. The van der Waals surface area contributed by atoms with Crippen LogP contribution in [-0.2, 0) is 25.8 Å². The van der Waals surface area contributed by atoms with E-state index in [2.05, 4.69) is 15.7 Å². The summed E-state index contributed by atoms with van der Waals surface area (Å²) in [5.41, 5.74) is 5.26. The summed E-state index contributed by atoms with van der Waals surface area (Å²) < 4.78 is 16.8. The van der Waals surface area contributed by atoms with Crippen LogP contribution in [0.3, 0.4) is 0 Å². The Kier molecular flexibility index (Phi) is 4.20. The lowest BCUT2D eigenvalue weighted by atomic mass is 9.99. The molecule has 5 nitrogen and oxygen atoms in total. The van der Waals surface area contributed by atoms with E-state index in [1.807, 2.05) is 41.1 Å². The number of amides is 1. The Morgan fingerprint density at radius 1 is 1.07 bits per heavy atom. The van der Waals surface area contributed by atoms with Crippen molar-refractivity contribution in [2.45, 2.75) is 32.2 Å². The molecule has 0 saturated heterocycles. The second-order valence-electron chi connectivity index (χ2n) is 7.32. The molecule has 1 aliphatic carbocycles. The number of aromatic nitrogens is 2. The molecule has 28 heavy (non-hydrogen) atoms. The Morgan fingerprint density at radius 2 is 1.93 bits per heavy atom. The summed E-state index contributed by atoms with van der Waals surface area (Å²) in [4.78, 5) is 13.0. The Balaban J connectivity index is 1.49. The number of anilines is 1. The summed E-state index contributed by atoms with van der Waals surface area (Å²) in [6.45, 7) is 1.41. The van der Waals surface area contributed by atoms with Gasteiger partial charge < -0.3 is 10.6 Å². The maximum atomic E-state index is 14.9. The highest BCUT2D eigenvalue weighted by Crippen LogP contribution is 2.29. The summed E-state index contributed by atoms with van der Waals surface area (Å²) >= 11 is 0. The van der Waals surface area contributed by atoms with Crippen LogP contribution in [0.4, 0.5) is 10.1 Å². The lowest BCUT2D eigenvalue weighted by Gasteiger charge is -2.19. The van der Waals surface area contributed by atoms with Crippen molar-refractivity contribution in [3.05, 3.63) is 76.4 Å².